The second-order valence-electron chi connectivity index (χ2n) is 6.14. The molecule has 4 aromatic rings. The lowest BCUT2D eigenvalue weighted by Crippen LogP contribution is -1.89. The minimum atomic E-state index is 0.863. The van der Waals surface area contributed by atoms with Crippen LogP contribution in [0.5, 0.6) is 5.75 Å². The SMILES string of the molecule is COc1ccc(-c2cc(-c3ccccc3)c3ccc(C)nc3c2)cc1. The molecular formula is C23H19NO. The first kappa shape index (κ1) is 15.4. The fourth-order valence-electron chi connectivity index (χ4n) is 3.14. The quantitative estimate of drug-likeness (QED) is 0.469. The molecule has 4 rings (SSSR count). The predicted molar refractivity (Wildman–Crippen MR) is 104 cm³/mol. The summed E-state index contributed by atoms with van der Waals surface area (Å²) in [5.41, 5.74) is 6.77. The molecule has 0 fully saturated rings. The highest BCUT2D eigenvalue weighted by Crippen LogP contribution is 2.34. The third kappa shape index (κ3) is 2.99. The summed E-state index contributed by atoms with van der Waals surface area (Å²) in [4.78, 5) is 4.76. The van der Waals surface area contributed by atoms with E-state index in [9.17, 15) is 0 Å². The van der Waals surface area contributed by atoms with Crippen LogP contribution < -0.4 is 4.74 Å². The van der Waals surface area contributed by atoms with Gasteiger partial charge in [0.2, 0.25) is 0 Å². The van der Waals surface area contributed by atoms with Gasteiger partial charge in [-0.1, -0.05) is 48.5 Å². The molecule has 0 atom stereocenters. The summed E-state index contributed by atoms with van der Waals surface area (Å²) in [5, 5.41) is 1.18. The summed E-state index contributed by atoms with van der Waals surface area (Å²) >= 11 is 0. The standard InChI is InChI=1S/C23H19NO/c1-16-8-13-21-22(18-6-4-3-5-7-18)14-19(15-23(21)24-16)17-9-11-20(25-2)12-10-17/h3-15H,1-2H3. The largest absolute Gasteiger partial charge is 0.497 e. The maximum absolute atomic E-state index is 5.27. The van der Waals surface area contributed by atoms with Crippen LogP contribution in [0.2, 0.25) is 0 Å². The molecule has 0 amide bonds. The van der Waals surface area contributed by atoms with E-state index in [-0.39, 0.29) is 0 Å². The third-order valence-corrected chi connectivity index (χ3v) is 4.45. The van der Waals surface area contributed by atoms with Gasteiger partial charge in [-0.25, -0.2) is 0 Å². The van der Waals surface area contributed by atoms with Crippen molar-refractivity contribution in [2.75, 3.05) is 7.11 Å². The van der Waals surface area contributed by atoms with Crippen LogP contribution in [0.25, 0.3) is 33.2 Å². The van der Waals surface area contributed by atoms with Crippen molar-refractivity contribution in [1.29, 1.82) is 0 Å². The molecule has 2 nitrogen and oxygen atoms in total. The highest BCUT2D eigenvalue weighted by atomic mass is 16.5. The van der Waals surface area contributed by atoms with E-state index >= 15 is 0 Å². The van der Waals surface area contributed by atoms with E-state index in [1.165, 1.54) is 16.5 Å². The number of benzene rings is 3. The first-order chi connectivity index (χ1) is 12.2. The van der Waals surface area contributed by atoms with Gasteiger partial charge in [0, 0.05) is 11.1 Å². The van der Waals surface area contributed by atoms with Gasteiger partial charge in [0.1, 0.15) is 5.75 Å². The molecule has 3 aromatic carbocycles. The van der Waals surface area contributed by atoms with Crippen molar-refractivity contribution in [3.8, 4) is 28.0 Å². The summed E-state index contributed by atoms with van der Waals surface area (Å²) in [6.07, 6.45) is 0. The molecule has 1 heterocycles. The van der Waals surface area contributed by atoms with E-state index in [0.717, 1.165) is 28.1 Å². The van der Waals surface area contributed by atoms with Crippen LogP contribution in [0, 0.1) is 6.92 Å². The Morgan fingerprint density at radius 1 is 0.720 bits per heavy atom. The minimum absolute atomic E-state index is 0.863. The van der Waals surface area contributed by atoms with Crippen molar-refractivity contribution in [3.05, 3.63) is 84.6 Å². The molecule has 122 valence electrons. The lowest BCUT2D eigenvalue weighted by Gasteiger charge is -2.12. The van der Waals surface area contributed by atoms with Crippen LogP contribution in [0.3, 0.4) is 0 Å². The normalized spacial score (nSPS) is 10.8. The van der Waals surface area contributed by atoms with E-state index in [2.05, 4.69) is 60.7 Å². The number of hydrogen-bond acceptors (Lipinski definition) is 2. The van der Waals surface area contributed by atoms with Gasteiger partial charge in [0.25, 0.3) is 0 Å². The van der Waals surface area contributed by atoms with Gasteiger partial charge < -0.3 is 4.74 Å². The second-order valence-corrected chi connectivity index (χ2v) is 6.14. The Morgan fingerprint density at radius 3 is 2.20 bits per heavy atom. The zero-order valence-corrected chi connectivity index (χ0v) is 14.4. The average Bonchev–Trinajstić information content (AvgIpc) is 2.67. The summed E-state index contributed by atoms with van der Waals surface area (Å²) in [7, 11) is 1.69. The number of hydrogen-bond donors (Lipinski definition) is 0. The van der Waals surface area contributed by atoms with Crippen molar-refractivity contribution in [3.63, 3.8) is 0 Å². The number of ether oxygens (including phenoxy) is 1. The summed E-state index contributed by atoms with van der Waals surface area (Å²) in [5.74, 6) is 0.863. The number of aromatic nitrogens is 1. The van der Waals surface area contributed by atoms with Gasteiger partial charge in [-0.15, -0.1) is 0 Å². The summed E-state index contributed by atoms with van der Waals surface area (Å²) in [6, 6.07) is 27.3. The van der Waals surface area contributed by atoms with E-state index < -0.39 is 0 Å². The van der Waals surface area contributed by atoms with Crippen molar-refractivity contribution in [2.45, 2.75) is 6.92 Å². The van der Waals surface area contributed by atoms with Crippen molar-refractivity contribution >= 4 is 10.9 Å². The number of fused-ring (bicyclic) bond motifs is 1. The van der Waals surface area contributed by atoms with E-state index in [1.807, 2.05) is 25.1 Å². The molecule has 0 unspecified atom stereocenters. The zero-order chi connectivity index (χ0) is 17.2. The molecular weight excluding hydrogens is 306 g/mol. The highest BCUT2D eigenvalue weighted by molar-refractivity contribution is 5.98. The summed E-state index contributed by atoms with van der Waals surface area (Å²) in [6.45, 7) is 2.03. The average molecular weight is 325 g/mol. The van der Waals surface area contributed by atoms with Gasteiger partial charge in [-0.05, 0) is 59.5 Å². The van der Waals surface area contributed by atoms with E-state index in [4.69, 9.17) is 9.72 Å². The fourth-order valence-corrected chi connectivity index (χ4v) is 3.14. The van der Waals surface area contributed by atoms with Crippen LogP contribution >= 0.6 is 0 Å². The van der Waals surface area contributed by atoms with Crippen LogP contribution in [0.15, 0.2) is 78.9 Å². The molecule has 1 aromatic heterocycles. The molecule has 0 spiro atoms. The Morgan fingerprint density at radius 2 is 1.48 bits per heavy atom. The number of nitrogens with zero attached hydrogens (tertiary/aromatic N) is 1. The van der Waals surface area contributed by atoms with Gasteiger partial charge >= 0.3 is 0 Å². The van der Waals surface area contributed by atoms with E-state index in [1.54, 1.807) is 7.11 Å². The Labute approximate surface area is 147 Å². The Balaban J connectivity index is 1.96. The van der Waals surface area contributed by atoms with Crippen molar-refractivity contribution < 1.29 is 4.74 Å². The Hall–Kier alpha value is -3.13. The molecule has 0 radical (unpaired) electrons. The second kappa shape index (κ2) is 6.40. The zero-order valence-electron chi connectivity index (χ0n) is 14.4. The number of methoxy groups -OCH3 is 1. The first-order valence-electron chi connectivity index (χ1n) is 8.36. The molecule has 0 saturated carbocycles. The van der Waals surface area contributed by atoms with Gasteiger partial charge in [0.05, 0.1) is 12.6 Å². The van der Waals surface area contributed by atoms with Crippen molar-refractivity contribution in [1.82, 2.24) is 4.98 Å². The smallest absolute Gasteiger partial charge is 0.118 e. The van der Waals surface area contributed by atoms with Gasteiger partial charge in [-0.2, -0.15) is 0 Å². The van der Waals surface area contributed by atoms with Gasteiger partial charge in [-0.3, -0.25) is 4.98 Å². The highest BCUT2D eigenvalue weighted by Gasteiger charge is 2.09. The van der Waals surface area contributed by atoms with Crippen LogP contribution in [-0.4, -0.2) is 12.1 Å². The number of aryl methyl sites for hydroxylation is 1. The topological polar surface area (TPSA) is 22.1 Å². The molecule has 0 aliphatic carbocycles. The Kier molecular flexibility index (Phi) is 3.95. The molecule has 0 aliphatic heterocycles. The molecule has 0 aliphatic rings. The van der Waals surface area contributed by atoms with Crippen molar-refractivity contribution in [2.24, 2.45) is 0 Å². The molecule has 0 bridgehead atoms. The molecule has 2 heteroatoms. The third-order valence-electron chi connectivity index (χ3n) is 4.45. The molecule has 25 heavy (non-hydrogen) atoms. The fraction of sp³-hybridized carbons (Fsp3) is 0.0870. The predicted octanol–water partition coefficient (Wildman–Crippen LogP) is 5.89. The van der Waals surface area contributed by atoms with E-state index in [0.29, 0.717) is 0 Å². The summed E-state index contributed by atoms with van der Waals surface area (Å²) < 4.78 is 5.27. The van der Waals surface area contributed by atoms with Crippen LogP contribution in [0.4, 0.5) is 0 Å². The lowest BCUT2D eigenvalue weighted by atomic mass is 9.95. The minimum Gasteiger partial charge on any atom is -0.497 e. The molecule has 0 N–H and O–H groups in total. The lowest BCUT2D eigenvalue weighted by molar-refractivity contribution is 0.415. The van der Waals surface area contributed by atoms with Gasteiger partial charge in [0.15, 0.2) is 0 Å². The first-order valence-corrected chi connectivity index (χ1v) is 8.36. The Bertz CT molecular complexity index is 1020. The molecule has 0 saturated heterocycles. The number of pyridine rings is 1. The van der Waals surface area contributed by atoms with Crippen LogP contribution in [0.1, 0.15) is 5.69 Å². The maximum Gasteiger partial charge on any atom is 0.118 e. The van der Waals surface area contributed by atoms with Crippen LogP contribution in [-0.2, 0) is 0 Å². The number of rotatable bonds is 3. The monoisotopic (exact) mass is 325 g/mol. The maximum atomic E-state index is 5.27.